The molecule has 0 heterocycles. The summed E-state index contributed by atoms with van der Waals surface area (Å²) in [6, 6.07) is 13.0. The Balaban J connectivity index is 2.05. The van der Waals surface area contributed by atoms with Crippen molar-refractivity contribution in [1.82, 2.24) is 0 Å². The van der Waals surface area contributed by atoms with Crippen molar-refractivity contribution >= 4 is 11.7 Å². The molecule has 2 aromatic carbocycles. The molecule has 0 radical (unpaired) electrons. The lowest BCUT2D eigenvalue weighted by Gasteiger charge is -2.27. The molecule has 0 spiro atoms. The zero-order valence-electron chi connectivity index (χ0n) is 13.0. The molecule has 0 amide bonds. The molecule has 3 rings (SSSR count). The topological polar surface area (TPSA) is 76.8 Å². The summed E-state index contributed by atoms with van der Waals surface area (Å²) in [6.07, 6.45) is 1.53. The third-order valence-electron chi connectivity index (χ3n) is 4.20. The number of guanidine groups is 1. The predicted molar refractivity (Wildman–Crippen MR) is 91.0 cm³/mol. The summed E-state index contributed by atoms with van der Waals surface area (Å²) in [6.45, 7) is 2.00. The quantitative estimate of drug-likeness (QED) is 0.508. The molecule has 5 heteroatoms. The second kappa shape index (κ2) is 6.20. The third kappa shape index (κ3) is 3.23. The molecular formula is C18H19FN4. The van der Waals surface area contributed by atoms with E-state index in [1.54, 1.807) is 6.07 Å². The van der Waals surface area contributed by atoms with Gasteiger partial charge in [-0.05, 0) is 54.5 Å². The van der Waals surface area contributed by atoms with E-state index in [1.165, 1.54) is 11.6 Å². The number of benzene rings is 2. The zero-order chi connectivity index (χ0) is 16.4. The highest BCUT2D eigenvalue weighted by Gasteiger charge is 2.26. The molecule has 0 saturated heterocycles. The van der Waals surface area contributed by atoms with Crippen LogP contribution in [-0.2, 0) is 6.42 Å². The summed E-state index contributed by atoms with van der Waals surface area (Å²) < 4.78 is 13.7. The first-order valence-corrected chi connectivity index (χ1v) is 7.54. The molecular weight excluding hydrogens is 291 g/mol. The number of hydrogen-bond donors (Lipinski definition) is 2. The average Bonchev–Trinajstić information content (AvgIpc) is 2.54. The van der Waals surface area contributed by atoms with E-state index < -0.39 is 0 Å². The molecule has 118 valence electrons. The van der Waals surface area contributed by atoms with Gasteiger partial charge in [-0.3, -0.25) is 0 Å². The Bertz CT molecular complexity index is 791. The van der Waals surface area contributed by atoms with Crippen molar-refractivity contribution < 1.29 is 4.39 Å². The van der Waals surface area contributed by atoms with E-state index in [4.69, 9.17) is 11.5 Å². The van der Waals surface area contributed by atoms with Crippen molar-refractivity contribution in [3.63, 3.8) is 0 Å². The van der Waals surface area contributed by atoms with Gasteiger partial charge in [-0.1, -0.05) is 30.3 Å². The molecule has 23 heavy (non-hydrogen) atoms. The minimum absolute atomic E-state index is 0.0703. The van der Waals surface area contributed by atoms with Crippen molar-refractivity contribution in [2.45, 2.75) is 25.7 Å². The molecule has 0 unspecified atom stereocenters. The van der Waals surface area contributed by atoms with Gasteiger partial charge in [-0.25, -0.2) is 4.39 Å². The van der Waals surface area contributed by atoms with Crippen LogP contribution in [0.15, 0.2) is 52.7 Å². The van der Waals surface area contributed by atoms with Crippen LogP contribution in [-0.4, -0.2) is 11.7 Å². The van der Waals surface area contributed by atoms with Gasteiger partial charge in [0, 0.05) is 5.56 Å². The Morgan fingerprint density at radius 3 is 2.70 bits per heavy atom. The highest BCUT2D eigenvalue weighted by atomic mass is 19.1. The molecule has 0 fully saturated rings. The van der Waals surface area contributed by atoms with Gasteiger partial charge in [0.05, 0.1) is 5.71 Å². The fraction of sp³-hybridized carbons (Fsp3) is 0.222. The maximum atomic E-state index is 13.7. The van der Waals surface area contributed by atoms with E-state index in [-0.39, 0.29) is 17.7 Å². The van der Waals surface area contributed by atoms with E-state index in [0.29, 0.717) is 6.42 Å². The molecule has 4 N–H and O–H groups in total. The van der Waals surface area contributed by atoms with Crippen molar-refractivity contribution in [1.29, 1.82) is 0 Å². The lowest BCUT2D eigenvalue weighted by atomic mass is 9.78. The number of rotatable bonds is 2. The van der Waals surface area contributed by atoms with Gasteiger partial charge in [0.2, 0.25) is 5.96 Å². The van der Waals surface area contributed by atoms with Crippen molar-refractivity contribution in [3.05, 3.63) is 70.5 Å². The minimum atomic E-state index is -0.216. The van der Waals surface area contributed by atoms with Crippen LogP contribution in [0.1, 0.15) is 34.6 Å². The van der Waals surface area contributed by atoms with E-state index >= 15 is 0 Å². The first kappa shape index (κ1) is 15.2. The molecule has 2 aromatic rings. The number of hydrogen-bond acceptors (Lipinski definition) is 2. The van der Waals surface area contributed by atoms with Crippen molar-refractivity contribution in [2.24, 2.45) is 21.7 Å². The van der Waals surface area contributed by atoms with E-state index in [1.807, 2.05) is 31.2 Å². The van der Waals surface area contributed by atoms with Crippen LogP contribution in [0.2, 0.25) is 0 Å². The highest BCUT2D eigenvalue weighted by molar-refractivity contribution is 6.03. The molecule has 1 aliphatic carbocycles. The fourth-order valence-corrected chi connectivity index (χ4v) is 3.14. The van der Waals surface area contributed by atoms with Gasteiger partial charge < -0.3 is 11.5 Å². The second-order valence-corrected chi connectivity index (χ2v) is 5.83. The Morgan fingerprint density at radius 2 is 1.91 bits per heavy atom. The second-order valence-electron chi connectivity index (χ2n) is 5.83. The van der Waals surface area contributed by atoms with E-state index in [2.05, 4.69) is 16.3 Å². The zero-order valence-corrected chi connectivity index (χ0v) is 13.0. The first-order chi connectivity index (χ1) is 11.0. The van der Waals surface area contributed by atoms with Gasteiger partial charge in [0.15, 0.2) is 0 Å². The van der Waals surface area contributed by atoms with Gasteiger partial charge in [0.1, 0.15) is 5.82 Å². The summed E-state index contributed by atoms with van der Waals surface area (Å²) in [7, 11) is 0. The predicted octanol–water partition coefficient (Wildman–Crippen LogP) is 2.84. The van der Waals surface area contributed by atoms with Crippen molar-refractivity contribution in [2.75, 3.05) is 0 Å². The largest absolute Gasteiger partial charge is 0.369 e. The number of nitrogens with two attached hydrogens (primary N) is 2. The normalized spacial score (nSPS) is 18.5. The molecule has 0 saturated carbocycles. The maximum absolute atomic E-state index is 13.7. The minimum Gasteiger partial charge on any atom is -0.369 e. The maximum Gasteiger partial charge on any atom is 0.211 e. The number of fused-ring (bicyclic) bond motifs is 1. The van der Waals surface area contributed by atoms with Gasteiger partial charge in [-0.15, -0.1) is 5.10 Å². The Morgan fingerprint density at radius 1 is 1.13 bits per heavy atom. The van der Waals surface area contributed by atoms with Crippen LogP contribution in [0.4, 0.5) is 4.39 Å². The van der Waals surface area contributed by atoms with E-state index in [0.717, 1.165) is 28.8 Å². The Kier molecular flexibility index (Phi) is 4.10. The first-order valence-electron chi connectivity index (χ1n) is 7.54. The lowest BCUT2D eigenvalue weighted by Crippen LogP contribution is -2.23. The van der Waals surface area contributed by atoms with Crippen LogP contribution in [0.25, 0.3) is 0 Å². The van der Waals surface area contributed by atoms with Crippen LogP contribution >= 0.6 is 0 Å². The highest BCUT2D eigenvalue weighted by Crippen LogP contribution is 2.34. The summed E-state index contributed by atoms with van der Waals surface area (Å²) in [5, 5.41) is 8.01. The molecule has 0 bridgehead atoms. The van der Waals surface area contributed by atoms with Crippen LogP contribution in [0, 0.1) is 12.7 Å². The SMILES string of the molecule is Cc1ccc(F)cc1[C@@H]1C/C(=N\N=C(N)N)c2ccccc2C1. The summed E-state index contributed by atoms with van der Waals surface area (Å²) >= 11 is 0. The molecule has 4 nitrogen and oxygen atoms in total. The van der Waals surface area contributed by atoms with E-state index in [9.17, 15) is 4.39 Å². The average molecular weight is 310 g/mol. The fourth-order valence-electron chi connectivity index (χ4n) is 3.14. The van der Waals surface area contributed by atoms with Crippen LogP contribution in [0.5, 0.6) is 0 Å². The van der Waals surface area contributed by atoms with Crippen molar-refractivity contribution in [3.8, 4) is 0 Å². The summed E-state index contributed by atoms with van der Waals surface area (Å²) in [5.74, 6) is -0.125. The third-order valence-corrected chi connectivity index (χ3v) is 4.20. The number of halogens is 1. The van der Waals surface area contributed by atoms with Gasteiger partial charge in [-0.2, -0.15) is 5.10 Å². The Labute approximate surface area is 134 Å². The van der Waals surface area contributed by atoms with Gasteiger partial charge in [0.25, 0.3) is 0 Å². The number of nitrogens with zero attached hydrogens (tertiary/aromatic N) is 2. The van der Waals surface area contributed by atoms with Gasteiger partial charge >= 0.3 is 0 Å². The molecule has 1 aliphatic rings. The molecule has 1 atom stereocenters. The smallest absolute Gasteiger partial charge is 0.211 e. The monoisotopic (exact) mass is 310 g/mol. The summed E-state index contributed by atoms with van der Waals surface area (Å²) in [4.78, 5) is 0. The Hall–Kier alpha value is -2.69. The standard InChI is InChI=1S/C18H19FN4/c1-11-6-7-14(19)10-16(11)13-8-12-4-2-3-5-15(12)17(9-13)22-23-18(20)21/h2-7,10,13H,8-9H2,1H3,(H4,20,21,23)/b22-17+/t13-/m0/s1. The molecule has 0 aromatic heterocycles. The summed E-state index contributed by atoms with van der Waals surface area (Å²) in [5.41, 5.74) is 15.9. The van der Waals surface area contributed by atoms with Crippen LogP contribution in [0.3, 0.4) is 0 Å². The molecule has 0 aliphatic heterocycles. The lowest BCUT2D eigenvalue weighted by molar-refractivity contribution is 0.615. The number of aryl methyl sites for hydroxylation is 1. The van der Waals surface area contributed by atoms with Crippen LogP contribution < -0.4 is 11.5 Å².